The van der Waals surface area contributed by atoms with Gasteiger partial charge in [-0.3, -0.25) is 0 Å². The van der Waals surface area contributed by atoms with Gasteiger partial charge in [-0.25, -0.2) is 27.7 Å². The number of aromatic nitrogens is 1. The summed E-state index contributed by atoms with van der Waals surface area (Å²) in [4.78, 5) is 3.62. The number of rotatable bonds is 6. The quantitative estimate of drug-likeness (QED) is 0.536. The average molecular weight is 343 g/mol. The maximum atomic E-state index is 12.2. The van der Waals surface area contributed by atoms with Crippen LogP contribution < -0.4 is 11.3 Å². The zero-order valence-electron chi connectivity index (χ0n) is 10.9. The molecule has 11 heteroatoms. The highest BCUT2D eigenvalue weighted by molar-refractivity contribution is 7.91. The van der Waals surface area contributed by atoms with Crippen LogP contribution in [0.15, 0.2) is 17.2 Å². The van der Waals surface area contributed by atoms with E-state index in [4.69, 9.17) is 17.4 Å². The van der Waals surface area contributed by atoms with Crippen molar-refractivity contribution >= 4 is 37.3 Å². The van der Waals surface area contributed by atoms with Crippen LogP contribution in [0.5, 0.6) is 0 Å². The third-order valence-electron chi connectivity index (χ3n) is 2.44. The summed E-state index contributed by atoms with van der Waals surface area (Å²) in [7, 11) is -5.83. The number of hydrazine groups is 1. The Morgan fingerprint density at radius 1 is 1.40 bits per heavy atom. The molecule has 0 aliphatic heterocycles. The molecule has 0 aliphatic rings. The molecule has 0 unspecified atom stereocenters. The van der Waals surface area contributed by atoms with Crippen molar-refractivity contribution in [2.45, 2.75) is 4.90 Å². The average Bonchev–Trinajstić information content (AvgIpc) is 2.34. The molecule has 20 heavy (non-hydrogen) atoms. The van der Waals surface area contributed by atoms with Gasteiger partial charge < -0.3 is 5.43 Å². The topological polar surface area (TPSA) is 122 Å². The van der Waals surface area contributed by atoms with E-state index >= 15 is 0 Å². The van der Waals surface area contributed by atoms with E-state index in [9.17, 15) is 16.8 Å². The van der Waals surface area contributed by atoms with Crippen molar-refractivity contribution in [3.63, 3.8) is 0 Å². The van der Waals surface area contributed by atoms with Crippen molar-refractivity contribution in [2.75, 3.05) is 31.0 Å². The zero-order valence-corrected chi connectivity index (χ0v) is 13.3. The van der Waals surface area contributed by atoms with Gasteiger partial charge in [0.25, 0.3) is 0 Å². The summed E-state index contributed by atoms with van der Waals surface area (Å²) in [5.74, 6) is 5.01. The summed E-state index contributed by atoms with van der Waals surface area (Å²) in [6.07, 6.45) is 2.13. The van der Waals surface area contributed by atoms with Crippen LogP contribution in [0.1, 0.15) is 0 Å². The predicted octanol–water partition coefficient (Wildman–Crippen LogP) is -0.314. The van der Waals surface area contributed by atoms with Crippen LogP contribution >= 0.6 is 11.6 Å². The minimum absolute atomic E-state index is 0.0464. The second kappa shape index (κ2) is 6.22. The lowest BCUT2D eigenvalue weighted by Gasteiger charge is -2.16. The molecule has 1 rings (SSSR count). The molecule has 1 aromatic rings. The van der Waals surface area contributed by atoms with Gasteiger partial charge in [-0.05, 0) is 6.07 Å². The number of nitrogens with two attached hydrogens (primary N) is 1. The molecule has 0 fully saturated rings. The molecular weight excluding hydrogens is 328 g/mol. The molecule has 0 bridgehead atoms. The first-order valence-corrected chi connectivity index (χ1v) is 9.22. The van der Waals surface area contributed by atoms with Gasteiger partial charge in [-0.1, -0.05) is 11.6 Å². The lowest BCUT2D eigenvalue weighted by atomic mass is 10.5. The van der Waals surface area contributed by atoms with Crippen LogP contribution in [0.2, 0.25) is 5.02 Å². The summed E-state index contributed by atoms with van der Waals surface area (Å²) >= 11 is 5.81. The predicted molar refractivity (Wildman–Crippen MR) is 76.6 cm³/mol. The monoisotopic (exact) mass is 342 g/mol. The molecule has 1 heterocycles. The van der Waals surface area contributed by atoms with Crippen molar-refractivity contribution in [3.05, 3.63) is 17.3 Å². The number of nitrogens with zero attached hydrogens (tertiary/aromatic N) is 2. The van der Waals surface area contributed by atoms with Gasteiger partial charge in [-0.15, -0.1) is 0 Å². The minimum atomic E-state index is -3.86. The highest BCUT2D eigenvalue weighted by atomic mass is 35.5. The maximum absolute atomic E-state index is 12.2. The zero-order chi connectivity index (χ0) is 15.6. The number of halogens is 1. The second-order valence-electron chi connectivity index (χ2n) is 4.10. The fourth-order valence-electron chi connectivity index (χ4n) is 1.26. The molecule has 0 saturated heterocycles. The van der Waals surface area contributed by atoms with Crippen LogP contribution in [0.3, 0.4) is 0 Å². The largest absolute Gasteiger partial charge is 0.307 e. The number of pyridine rings is 1. The van der Waals surface area contributed by atoms with E-state index in [1.54, 1.807) is 0 Å². The lowest BCUT2D eigenvalue weighted by molar-refractivity contribution is 0.484. The first-order chi connectivity index (χ1) is 9.08. The molecule has 0 saturated carbocycles. The fraction of sp³-hybridized carbons (Fsp3) is 0.444. The second-order valence-corrected chi connectivity index (χ2v) is 8.81. The number of sulfonamides is 1. The summed E-state index contributed by atoms with van der Waals surface area (Å²) in [6, 6.07) is 1.19. The van der Waals surface area contributed by atoms with Gasteiger partial charge in [0.2, 0.25) is 10.0 Å². The Morgan fingerprint density at radius 2 is 2.00 bits per heavy atom. The molecular formula is C9H15ClN4O4S2. The molecule has 0 spiro atoms. The number of nitrogen functional groups attached to an aromatic ring is 1. The third-order valence-corrected chi connectivity index (χ3v) is 5.47. The number of sulfone groups is 1. The summed E-state index contributed by atoms with van der Waals surface area (Å²) in [5.41, 5.74) is 2.22. The lowest BCUT2D eigenvalue weighted by Crippen LogP contribution is -2.31. The van der Waals surface area contributed by atoms with Crippen LogP contribution in [0.4, 0.5) is 5.82 Å². The van der Waals surface area contributed by atoms with Gasteiger partial charge in [0.15, 0.2) is 5.82 Å². The smallest absolute Gasteiger partial charge is 0.244 e. The Kier molecular flexibility index (Phi) is 5.33. The third kappa shape index (κ3) is 4.28. The first-order valence-electron chi connectivity index (χ1n) is 5.34. The molecule has 3 N–H and O–H groups in total. The van der Waals surface area contributed by atoms with E-state index in [-0.39, 0.29) is 28.0 Å². The molecule has 0 radical (unpaired) electrons. The molecule has 0 amide bonds. The van der Waals surface area contributed by atoms with Crippen LogP contribution in [-0.4, -0.2) is 51.7 Å². The van der Waals surface area contributed by atoms with Crippen molar-refractivity contribution < 1.29 is 16.8 Å². The molecule has 0 aromatic carbocycles. The van der Waals surface area contributed by atoms with Gasteiger partial charge in [0.05, 0.1) is 10.8 Å². The normalized spacial score (nSPS) is 12.7. The van der Waals surface area contributed by atoms with E-state index in [0.29, 0.717) is 0 Å². The van der Waals surface area contributed by atoms with Crippen LogP contribution in [0.25, 0.3) is 0 Å². The first kappa shape index (κ1) is 17.1. The molecule has 0 atom stereocenters. The number of nitrogens with one attached hydrogen (secondary N) is 1. The number of hydrogen-bond acceptors (Lipinski definition) is 7. The van der Waals surface area contributed by atoms with Gasteiger partial charge in [-0.2, -0.15) is 4.31 Å². The Bertz CT molecular complexity index is 690. The highest BCUT2D eigenvalue weighted by Crippen LogP contribution is 2.23. The van der Waals surface area contributed by atoms with Gasteiger partial charge in [0, 0.05) is 26.0 Å². The highest BCUT2D eigenvalue weighted by Gasteiger charge is 2.23. The number of hydrogen-bond donors (Lipinski definition) is 2. The summed E-state index contributed by atoms with van der Waals surface area (Å²) in [5, 5.41) is 0.0464. The van der Waals surface area contributed by atoms with Gasteiger partial charge in [0.1, 0.15) is 14.7 Å². The standard InChI is InChI=1S/C9H15ClN4O4S2/c1-14(3-4-19(2,15)16)20(17,18)7-5-8(10)9(13-11)12-6-7/h5-6H,3-4,11H2,1-2H3,(H,12,13). The molecule has 0 aliphatic carbocycles. The van der Waals surface area contributed by atoms with Crippen LogP contribution in [-0.2, 0) is 19.9 Å². The summed E-state index contributed by atoms with van der Waals surface area (Å²) in [6.45, 7) is -0.157. The number of anilines is 1. The van der Waals surface area contributed by atoms with Gasteiger partial charge >= 0.3 is 0 Å². The molecule has 1 aromatic heterocycles. The Hall–Kier alpha value is -0.940. The maximum Gasteiger partial charge on any atom is 0.244 e. The van der Waals surface area contributed by atoms with E-state index in [0.717, 1.165) is 16.8 Å². The SMILES string of the molecule is CN(CCS(C)(=O)=O)S(=O)(=O)c1cnc(NN)c(Cl)c1. The Morgan fingerprint density at radius 3 is 2.45 bits per heavy atom. The fourth-order valence-corrected chi connectivity index (χ4v) is 3.41. The minimum Gasteiger partial charge on any atom is -0.307 e. The van der Waals surface area contributed by atoms with E-state index in [2.05, 4.69) is 10.4 Å². The summed E-state index contributed by atoms with van der Waals surface area (Å²) < 4.78 is 47.4. The molecule has 8 nitrogen and oxygen atoms in total. The van der Waals surface area contributed by atoms with Crippen molar-refractivity contribution in [1.29, 1.82) is 0 Å². The van der Waals surface area contributed by atoms with Crippen molar-refractivity contribution in [1.82, 2.24) is 9.29 Å². The Balaban J connectivity index is 3.01. The van der Waals surface area contributed by atoms with E-state index < -0.39 is 19.9 Å². The molecule has 114 valence electrons. The Labute approximate surface area is 122 Å². The van der Waals surface area contributed by atoms with Crippen molar-refractivity contribution in [2.24, 2.45) is 5.84 Å². The van der Waals surface area contributed by atoms with Crippen LogP contribution in [0, 0.1) is 0 Å². The van der Waals surface area contributed by atoms with E-state index in [1.807, 2.05) is 0 Å². The van der Waals surface area contributed by atoms with Crippen molar-refractivity contribution in [3.8, 4) is 0 Å². The van der Waals surface area contributed by atoms with E-state index in [1.165, 1.54) is 13.1 Å².